The molecule has 16 heavy (non-hydrogen) atoms. The van der Waals surface area contributed by atoms with Crippen molar-refractivity contribution < 1.29 is 9.90 Å². The monoisotopic (exact) mass is 240 g/mol. The first kappa shape index (κ1) is 12.5. The first-order valence-electron chi connectivity index (χ1n) is 4.84. The average molecular weight is 241 g/mol. The van der Waals surface area contributed by atoms with E-state index in [9.17, 15) is 4.79 Å². The molecule has 0 spiro atoms. The molecule has 0 atom stereocenters. The normalized spacial score (nSPS) is 15.0. The van der Waals surface area contributed by atoms with Crippen molar-refractivity contribution in [3.63, 3.8) is 0 Å². The molecule has 2 rings (SSSR count). The van der Waals surface area contributed by atoms with Crippen LogP contribution < -0.4 is 0 Å². The second-order valence-electron chi connectivity index (χ2n) is 3.44. The summed E-state index contributed by atoms with van der Waals surface area (Å²) >= 11 is 0. The fraction of sp³-hybridized carbons (Fsp3) is 0.273. The van der Waals surface area contributed by atoms with Crippen LogP contribution in [-0.4, -0.2) is 34.2 Å². The van der Waals surface area contributed by atoms with Gasteiger partial charge in [0.15, 0.2) is 0 Å². The third-order valence-corrected chi connectivity index (χ3v) is 2.53. The van der Waals surface area contributed by atoms with Gasteiger partial charge in [0.05, 0.1) is 0 Å². The largest absolute Gasteiger partial charge is 0.465 e. The molecule has 4 nitrogen and oxygen atoms in total. The minimum Gasteiger partial charge on any atom is -0.465 e. The van der Waals surface area contributed by atoms with E-state index in [0.29, 0.717) is 13.1 Å². The van der Waals surface area contributed by atoms with Gasteiger partial charge in [-0.15, -0.1) is 12.4 Å². The Bertz CT molecular complexity index is 392. The van der Waals surface area contributed by atoms with Gasteiger partial charge in [0.1, 0.15) is 0 Å². The first-order chi connectivity index (χ1) is 7.27. The van der Waals surface area contributed by atoms with Crippen molar-refractivity contribution in [3.8, 4) is 0 Å². The fourth-order valence-corrected chi connectivity index (χ4v) is 1.67. The zero-order chi connectivity index (χ0) is 10.7. The number of rotatable bonds is 1. The van der Waals surface area contributed by atoms with Crippen LogP contribution in [0.3, 0.4) is 0 Å². The van der Waals surface area contributed by atoms with Crippen molar-refractivity contribution in [2.45, 2.75) is 6.42 Å². The average Bonchev–Trinajstić information content (AvgIpc) is 2.30. The maximum Gasteiger partial charge on any atom is 0.407 e. The van der Waals surface area contributed by atoms with Crippen LogP contribution in [0.5, 0.6) is 0 Å². The Hall–Kier alpha value is -1.55. The van der Waals surface area contributed by atoms with Crippen molar-refractivity contribution in [3.05, 3.63) is 36.2 Å². The van der Waals surface area contributed by atoms with Gasteiger partial charge in [0.25, 0.3) is 0 Å². The van der Waals surface area contributed by atoms with E-state index in [1.807, 2.05) is 18.2 Å². The summed E-state index contributed by atoms with van der Waals surface area (Å²) in [5.41, 5.74) is 2.34. The summed E-state index contributed by atoms with van der Waals surface area (Å²) in [6, 6.07) is 3.89. The molecule has 0 aromatic carbocycles. The fourth-order valence-electron chi connectivity index (χ4n) is 1.67. The minimum absolute atomic E-state index is 0. The van der Waals surface area contributed by atoms with Gasteiger partial charge in [-0.3, -0.25) is 4.98 Å². The van der Waals surface area contributed by atoms with Crippen molar-refractivity contribution in [2.24, 2.45) is 0 Å². The van der Waals surface area contributed by atoms with Gasteiger partial charge in [-0.05, 0) is 29.7 Å². The molecule has 5 heteroatoms. The van der Waals surface area contributed by atoms with Gasteiger partial charge in [-0.25, -0.2) is 4.79 Å². The van der Waals surface area contributed by atoms with E-state index in [0.717, 1.165) is 12.0 Å². The van der Waals surface area contributed by atoms with E-state index in [-0.39, 0.29) is 12.4 Å². The molecule has 1 aromatic rings. The Kier molecular flexibility index (Phi) is 4.31. The molecule has 2 heterocycles. The Balaban J connectivity index is 0.00000128. The molecule has 1 aliphatic rings. The lowest BCUT2D eigenvalue weighted by Gasteiger charge is -2.23. The number of hydrogen-bond donors (Lipinski definition) is 1. The summed E-state index contributed by atoms with van der Waals surface area (Å²) in [5.74, 6) is 0. The molecule has 1 N–H and O–H groups in total. The van der Waals surface area contributed by atoms with Crippen LogP contribution in [0.2, 0.25) is 0 Å². The zero-order valence-corrected chi connectivity index (χ0v) is 9.48. The molecule has 1 aliphatic heterocycles. The van der Waals surface area contributed by atoms with Crippen LogP contribution in [0.15, 0.2) is 30.6 Å². The van der Waals surface area contributed by atoms with Gasteiger partial charge in [-0.1, -0.05) is 6.08 Å². The quantitative estimate of drug-likeness (QED) is 0.819. The molecular formula is C11H13ClN2O2. The van der Waals surface area contributed by atoms with Gasteiger partial charge in [-0.2, -0.15) is 0 Å². The van der Waals surface area contributed by atoms with Crippen LogP contribution in [0, 0.1) is 0 Å². The van der Waals surface area contributed by atoms with Gasteiger partial charge in [0, 0.05) is 25.5 Å². The van der Waals surface area contributed by atoms with Crippen LogP contribution in [0.4, 0.5) is 4.79 Å². The Morgan fingerprint density at radius 2 is 2.06 bits per heavy atom. The maximum absolute atomic E-state index is 10.7. The molecule has 86 valence electrons. The highest BCUT2D eigenvalue weighted by molar-refractivity contribution is 5.85. The van der Waals surface area contributed by atoms with Crippen molar-refractivity contribution in [1.29, 1.82) is 0 Å². The lowest BCUT2D eigenvalue weighted by Crippen LogP contribution is -2.33. The number of halogens is 1. The highest BCUT2D eigenvalue weighted by atomic mass is 35.5. The molecule has 1 amide bonds. The topological polar surface area (TPSA) is 53.4 Å². The molecule has 1 aromatic heterocycles. The molecule has 0 saturated heterocycles. The number of hydrogen-bond acceptors (Lipinski definition) is 2. The van der Waals surface area contributed by atoms with Crippen LogP contribution in [0.25, 0.3) is 5.57 Å². The third kappa shape index (κ3) is 2.73. The molecule has 0 unspecified atom stereocenters. The third-order valence-electron chi connectivity index (χ3n) is 2.53. The summed E-state index contributed by atoms with van der Waals surface area (Å²) in [4.78, 5) is 16.0. The molecular weight excluding hydrogens is 228 g/mol. The zero-order valence-electron chi connectivity index (χ0n) is 8.67. The predicted molar refractivity (Wildman–Crippen MR) is 63.7 cm³/mol. The number of pyridine rings is 1. The Morgan fingerprint density at radius 1 is 1.38 bits per heavy atom. The van der Waals surface area contributed by atoms with Crippen LogP contribution in [-0.2, 0) is 0 Å². The standard InChI is InChI=1S/C11H12N2O2.ClH/c14-11(15)13-7-3-10(4-8-13)9-1-5-12-6-2-9;/h1-3,5-6H,4,7-8H2,(H,14,15);1H. The summed E-state index contributed by atoms with van der Waals surface area (Å²) < 4.78 is 0. The van der Waals surface area contributed by atoms with Gasteiger partial charge >= 0.3 is 6.09 Å². The summed E-state index contributed by atoms with van der Waals surface area (Å²) in [6.45, 7) is 1.05. The Morgan fingerprint density at radius 3 is 2.56 bits per heavy atom. The number of amides is 1. The van der Waals surface area contributed by atoms with E-state index >= 15 is 0 Å². The number of carbonyl (C=O) groups is 1. The van der Waals surface area contributed by atoms with E-state index in [2.05, 4.69) is 4.98 Å². The van der Waals surface area contributed by atoms with E-state index in [1.54, 1.807) is 12.4 Å². The first-order valence-corrected chi connectivity index (χ1v) is 4.84. The minimum atomic E-state index is -0.847. The summed E-state index contributed by atoms with van der Waals surface area (Å²) in [5, 5.41) is 8.78. The van der Waals surface area contributed by atoms with Crippen LogP contribution in [0.1, 0.15) is 12.0 Å². The van der Waals surface area contributed by atoms with Gasteiger partial charge < -0.3 is 10.0 Å². The number of nitrogens with zero attached hydrogens (tertiary/aromatic N) is 2. The second kappa shape index (κ2) is 5.51. The lowest BCUT2D eigenvalue weighted by atomic mass is 10.0. The number of aromatic nitrogens is 1. The molecule has 0 fully saturated rings. The van der Waals surface area contributed by atoms with E-state index in [4.69, 9.17) is 5.11 Å². The maximum atomic E-state index is 10.7. The summed E-state index contributed by atoms with van der Waals surface area (Å²) in [7, 11) is 0. The Labute approximate surface area is 100 Å². The molecule has 0 bridgehead atoms. The smallest absolute Gasteiger partial charge is 0.407 e. The second-order valence-corrected chi connectivity index (χ2v) is 3.44. The predicted octanol–water partition coefficient (Wildman–Crippen LogP) is 2.27. The van der Waals surface area contributed by atoms with E-state index < -0.39 is 6.09 Å². The lowest BCUT2D eigenvalue weighted by molar-refractivity contribution is 0.150. The molecule has 0 radical (unpaired) electrons. The van der Waals surface area contributed by atoms with Crippen molar-refractivity contribution in [1.82, 2.24) is 9.88 Å². The van der Waals surface area contributed by atoms with Crippen LogP contribution >= 0.6 is 12.4 Å². The number of carboxylic acid groups (broad SMARTS) is 1. The highest BCUT2D eigenvalue weighted by Crippen LogP contribution is 2.21. The molecule has 0 aliphatic carbocycles. The summed E-state index contributed by atoms with van der Waals surface area (Å²) in [6.07, 6.45) is 5.39. The highest BCUT2D eigenvalue weighted by Gasteiger charge is 2.16. The molecule has 0 saturated carbocycles. The van der Waals surface area contributed by atoms with Gasteiger partial charge in [0.2, 0.25) is 0 Å². The van der Waals surface area contributed by atoms with E-state index in [1.165, 1.54) is 10.5 Å². The van der Waals surface area contributed by atoms with Crippen molar-refractivity contribution >= 4 is 24.1 Å². The SMILES string of the molecule is Cl.O=C(O)N1CC=C(c2ccncc2)CC1. The van der Waals surface area contributed by atoms with Crippen molar-refractivity contribution in [2.75, 3.05) is 13.1 Å².